The lowest BCUT2D eigenvalue weighted by Crippen LogP contribution is -2.38. The molecule has 43 heavy (non-hydrogen) atoms. The molecule has 8 nitrogen and oxygen atoms in total. The molecule has 1 saturated heterocycles. The number of methoxy groups -OCH3 is 1. The lowest BCUT2D eigenvalue weighted by molar-refractivity contribution is 0.0321. The topological polar surface area (TPSA) is 88.9 Å². The van der Waals surface area contributed by atoms with Gasteiger partial charge in [0.05, 0.1) is 42.1 Å². The van der Waals surface area contributed by atoms with Crippen LogP contribution in [0.15, 0.2) is 79.0 Å². The van der Waals surface area contributed by atoms with Crippen molar-refractivity contribution in [2.24, 2.45) is 0 Å². The predicted octanol–water partition coefficient (Wildman–Crippen LogP) is 6.96. The van der Waals surface area contributed by atoms with Gasteiger partial charge in [-0.25, -0.2) is 0 Å². The molecule has 0 saturated carbocycles. The summed E-state index contributed by atoms with van der Waals surface area (Å²) in [6, 6.07) is 25.5. The number of morpholine rings is 1. The second-order valence-corrected chi connectivity index (χ2v) is 10.6. The molecule has 0 amide bonds. The minimum atomic E-state index is 0.415. The molecule has 1 aliphatic rings. The number of nitrogens with one attached hydrogen (secondary N) is 1. The number of nitriles is 1. The van der Waals surface area contributed by atoms with Crippen LogP contribution in [0.5, 0.6) is 17.2 Å². The van der Waals surface area contributed by atoms with Gasteiger partial charge in [0.2, 0.25) is 0 Å². The number of fused-ring (bicyclic) bond motifs is 3. The zero-order valence-electron chi connectivity index (χ0n) is 23.8. The highest BCUT2D eigenvalue weighted by Crippen LogP contribution is 2.41. The summed E-state index contributed by atoms with van der Waals surface area (Å²) in [5.74, 6) is 1.91. The molecule has 1 aromatic heterocycles. The van der Waals surface area contributed by atoms with Crippen LogP contribution in [0.25, 0.3) is 21.7 Å². The number of rotatable bonds is 10. The summed E-state index contributed by atoms with van der Waals surface area (Å²) >= 11 is 6.58. The fraction of sp³-hybridized carbons (Fsp3) is 0.235. The van der Waals surface area contributed by atoms with Crippen LogP contribution in [0.2, 0.25) is 5.02 Å². The second kappa shape index (κ2) is 13.2. The number of benzene rings is 4. The highest BCUT2D eigenvalue weighted by atomic mass is 35.5. The van der Waals surface area contributed by atoms with E-state index in [-0.39, 0.29) is 0 Å². The van der Waals surface area contributed by atoms with E-state index in [2.05, 4.69) is 21.3 Å². The summed E-state index contributed by atoms with van der Waals surface area (Å²) in [6.07, 6.45) is 1.59. The van der Waals surface area contributed by atoms with Crippen LogP contribution in [0, 0.1) is 11.3 Å². The molecular weight excluding hydrogens is 564 g/mol. The number of nitrogens with zero attached hydrogens (tertiary/aromatic N) is 3. The van der Waals surface area contributed by atoms with Crippen molar-refractivity contribution in [2.75, 3.05) is 51.9 Å². The SMILES string of the molecule is COc1c(OCCN2CCOCC2)ccc2c1ccc1c(Nc3ccc(OCc4ccccc4)c(Cl)c3)c(C#N)cnc12. The van der Waals surface area contributed by atoms with E-state index in [0.29, 0.717) is 46.7 Å². The summed E-state index contributed by atoms with van der Waals surface area (Å²) < 4.78 is 23.3. The Balaban J connectivity index is 1.26. The molecule has 9 heteroatoms. The molecular formula is C34H31ClN4O4. The second-order valence-electron chi connectivity index (χ2n) is 10.2. The van der Waals surface area contributed by atoms with Gasteiger partial charge >= 0.3 is 0 Å². The fourth-order valence-corrected chi connectivity index (χ4v) is 5.49. The van der Waals surface area contributed by atoms with Gasteiger partial charge in [0.15, 0.2) is 11.5 Å². The normalized spacial score (nSPS) is 13.5. The molecule has 1 fully saturated rings. The monoisotopic (exact) mass is 594 g/mol. The van der Waals surface area contributed by atoms with Crippen LogP contribution >= 0.6 is 11.6 Å². The Morgan fingerprint density at radius 3 is 2.49 bits per heavy atom. The van der Waals surface area contributed by atoms with Crippen molar-refractivity contribution >= 4 is 44.7 Å². The van der Waals surface area contributed by atoms with Crippen LogP contribution < -0.4 is 19.5 Å². The van der Waals surface area contributed by atoms with Gasteiger partial charge < -0.3 is 24.3 Å². The van der Waals surface area contributed by atoms with Gasteiger partial charge in [-0.1, -0.05) is 41.9 Å². The highest BCUT2D eigenvalue weighted by molar-refractivity contribution is 6.32. The molecule has 4 aromatic carbocycles. The smallest absolute Gasteiger partial charge is 0.168 e. The van der Waals surface area contributed by atoms with Gasteiger partial charge in [-0.05, 0) is 48.0 Å². The van der Waals surface area contributed by atoms with Crippen molar-refractivity contribution in [3.05, 3.63) is 95.1 Å². The van der Waals surface area contributed by atoms with Gasteiger partial charge in [0, 0.05) is 47.7 Å². The summed E-state index contributed by atoms with van der Waals surface area (Å²) in [5.41, 5.74) is 3.59. The third-order valence-electron chi connectivity index (χ3n) is 7.48. The van der Waals surface area contributed by atoms with Gasteiger partial charge in [0.1, 0.15) is 25.0 Å². The first-order chi connectivity index (χ1) is 21.1. The standard InChI is InChI=1S/C34H31ClN4O4/c1-40-34-27-8-9-28-32(38-25-7-11-30(29(35)19-25)43-22-23-5-3-2-4-6-23)24(20-36)21-37-33(28)26(27)10-12-31(34)42-18-15-39-13-16-41-17-14-39/h2-12,19,21H,13-18,22H2,1H3,(H,37,38). The maximum atomic E-state index is 9.92. The number of halogens is 1. The summed E-state index contributed by atoms with van der Waals surface area (Å²) in [4.78, 5) is 7.00. The number of ether oxygens (including phenoxy) is 4. The summed E-state index contributed by atoms with van der Waals surface area (Å²) in [7, 11) is 1.64. The minimum Gasteiger partial charge on any atom is -0.492 e. The van der Waals surface area contributed by atoms with E-state index in [4.69, 9.17) is 30.5 Å². The van der Waals surface area contributed by atoms with Gasteiger partial charge in [-0.15, -0.1) is 0 Å². The van der Waals surface area contributed by atoms with Crippen LogP contribution in [0.1, 0.15) is 11.1 Å². The van der Waals surface area contributed by atoms with Crippen molar-refractivity contribution in [3.8, 4) is 23.3 Å². The van der Waals surface area contributed by atoms with Crippen LogP contribution in [0.4, 0.5) is 11.4 Å². The average Bonchev–Trinajstić information content (AvgIpc) is 3.05. The van der Waals surface area contributed by atoms with Crippen LogP contribution in [0.3, 0.4) is 0 Å². The van der Waals surface area contributed by atoms with Gasteiger partial charge in [-0.3, -0.25) is 9.88 Å². The molecule has 1 aliphatic heterocycles. The Bertz CT molecular complexity index is 1790. The fourth-order valence-electron chi connectivity index (χ4n) is 5.25. The van der Waals surface area contributed by atoms with E-state index >= 15 is 0 Å². The molecule has 0 bridgehead atoms. The van der Waals surface area contributed by atoms with Crippen molar-refractivity contribution in [2.45, 2.75) is 6.61 Å². The molecule has 5 aromatic rings. The first kappa shape index (κ1) is 28.6. The van der Waals surface area contributed by atoms with E-state index in [1.807, 2.05) is 66.7 Å². The molecule has 0 atom stereocenters. The molecule has 0 radical (unpaired) electrons. The zero-order chi connectivity index (χ0) is 29.6. The molecule has 0 aliphatic carbocycles. The Kier molecular flexibility index (Phi) is 8.75. The summed E-state index contributed by atoms with van der Waals surface area (Å²) in [6.45, 7) is 5.12. The first-order valence-electron chi connectivity index (χ1n) is 14.1. The number of hydrogen-bond donors (Lipinski definition) is 1. The Morgan fingerprint density at radius 1 is 0.953 bits per heavy atom. The lowest BCUT2D eigenvalue weighted by atomic mass is 10.0. The van der Waals surface area contributed by atoms with E-state index in [9.17, 15) is 5.26 Å². The maximum Gasteiger partial charge on any atom is 0.168 e. The number of hydrogen-bond acceptors (Lipinski definition) is 8. The Morgan fingerprint density at radius 2 is 1.72 bits per heavy atom. The highest BCUT2D eigenvalue weighted by Gasteiger charge is 2.17. The molecule has 218 valence electrons. The van der Waals surface area contributed by atoms with Gasteiger partial charge in [-0.2, -0.15) is 5.26 Å². The third-order valence-corrected chi connectivity index (χ3v) is 7.78. The molecule has 2 heterocycles. The lowest BCUT2D eigenvalue weighted by Gasteiger charge is -2.26. The van der Waals surface area contributed by atoms with E-state index in [0.717, 1.165) is 65.8 Å². The largest absolute Gasteiger partial charge is 0.492 e. The Hall–Kier alpha value is -4.55. The first-order valence-corrected chi connectivity index (χ1v) is 14.5. The van der Waals surface area contributed by atoms with E-state index in [1.54, 1.807) is 19.4 Å². The van der Waals surface area contributed by atoms with Crippen molar-refractivity contribution in [3.63, 3.8) is 0 Å². The predicted molar refractivity (Wildman–Crippen MR) is 169 cm³/mol. The number of pyridine rings is 1. The number of aromatic nitrogens is 1. The van der Waals surface area contributed by atoms with Crippen LogP contribution in [-0.2, 0) is 11.3 Å². The van der Waals surface area contributed by atoms with E-state index < -0.39 is 0 Å². The average molecular weight is 595 g/mol. The zero-order valence-corrected chi connectivity index (χ0v) is 24.6. The molecule has 1 N–H and O–H groups in total. The minimum absolute atomic E-state index is 0.415. The van der Waals surface area contributed by atoms with Crippen LogP contribution in [-0.4, -0.2) is 56.4 Å². The van der Waals surface area contributed by atoms with Crippen molar-refractivity contribution < 1.29 is 18.9 Å². The molecule has 0 spiro atoms. The quantitative estimate of drug-likeness (QED) is 0.174. The number of anilines is 2. The molecule has 6 rings (SSSR count). The van der Waals surface area contributed by atoms with Crippen molar-refractivity contribution in [1.29, 1.82) is 5.26 Å². The maximum absolute atomic E-state index is 9.92. The third kappa shape index (κ3) is 6.30. The summed E-state index contributed by atoms with van der Waals surface area (Å²) in [5, 5.41) is 16.4. The van der Waals surface area contributed by atoms with Gasteiger partial charge in [0.25, 0.3) is 0 Å². The Labute approximate surface area is 255 Å². The van der Waals surface area contributed by atoms with Crippen molar-refractivity contribution in [1.82, 2.24) is 9.88 Å². The molecule has 0 unspecified atom stereocenters. The van der Waals surface area contributed by atoms with E-state index in [1.165, 1.54) is 0 Å².